The number of methoxy groups -OCH3 is 1. The number of amides is 1. The molecular weight excluding hydrogens is 492 g/mol. The number of carbonyl (C=O) groups excluding carboxylic acids is 1. The molecule has 0 heterocycles. The number of rotatable bonds is 8. The Morgan fingerprint density at radius 3 is 2.24 bits per heavy atom. The summed E-state index contributed by atoms with van der Waals surface area (Å²) in [6, 6.07) is 22.7. The van der Waals surface area contributed by atoms with Gasteiger partial charge < -0.3 is 20.5 Å². The van der Waals surface area contributed by atoms with Gasteiger partial charge in [0.25, 0.3) is 5.91 Å². The highest BCUT2D eigenvalue weighted by atomic mass is 19.4. The van der Waals surface area contributed by atoms with Crippen molar-refractivity contribution >= 4 is 11.9 Å². The van der Waals surface area contributed by atoms with Crippen LogP contribution in [0.5, 0.6) is 5.75 Å². The molecule has 0 radical (unpaired) electrons. The molecule has 0 bridgehead atoms. The lowest BCUT2D eigenvalue weighted by Gasteiger charge is -2.09. The van der Waals surface area contributed by atoms with Gasteiger partial charge in [-0.3, -0.25) is 4.79 Å². The average Bonchev–Trinajstić information content (AvgIpc) is 3.67. The van der Waals surface area contributed by atoms with Crippen molar-refractivity contribution in [1.29, 1.82) is 0 Å². The highest BCUT2D eigenvalue weighted by Crippen LogP contribution is 2.41. The highest BCUT2D eigenvalue weighted by Gasteiger charge is 2.38. The van der Waals surface area contributed by atoms with Crippen molar-refractivity contribution in [2.45, 2.75) is 37.6 Å². The summed E-state index contributed by atoms with van der Waals surface area (Å²) in [6.07, 6.45) is -4.08. The maximum absolute atomic E-state index is 14.0. The zero-order valence-electron chi connectivity index (χ0n) is 19.9. The van der Waals surface area contributed by atoms with E-state index in [1.165, 1.54) is 11.6 Å². The lowest BCUT2D eigenvalue weighted by atomic mass is 10.1. The fourth-order valence-electron chi connectivity index (χ4n) is 3.61. The summed E-state index contributed by atoms with van der Waals surface area (Å²) in [5, 5.41) is 13.5. The molecule has 1 saturated carbocycles. The van der Waals surface area contributed by atoms with E-state index in [2.05, 4.69) is 10.6 Å². The third-order valence-electron chi connectivity index (χ3n) is 5.74. The van der Waals surface area contributed by atoms with Crippen molar-refractivity contribution in [2.75, 3.05) is 7.11 Å². The molecule has 37 heavy (non-hydrogen) atoms. The van der Waals surface area contributed by atoms with E-state index in [4.69, 9.17) is 14.6 Å². The van der Waals surface area contributed by atoms with Crippen LogP contribution in [0.25, 0.3) is 0 Å². The first-order valence-electron chi connectivity index (χ1n) is 11.4. The summed E-state index contributed by atoms with van der Waals surface area (Å²) in [7, 11) is 1.58. The molecular formula is C27H26F4N2O4. The fraction of sp³-hybridized carbons (Fsp3) is 0.259. The first-order chi connectivity index (χ1) is 17.6. The summed E-state index contributed by atoms with van der Waals surface area (Å²) in [5.74, 6) is -2.02. The van der Waals surface area contributed by atoms with Crippen LogP contribution in [-0.2, 0) is 17.9 Å². The number of hydrogen-bond acceptors (Lipinski definition) is 4. The molecule has 10 heteroatoms. The molecule has 0 aliphatic heterocycles. The summed E-state index contributed by atoms with van der Waals surface area (Å²) < 4.78 is 50.9. The number of ether oxygens (including phenoxy) is 1. The van der Waals surface area contributed by atoms with Crippen LogP contribution in [0.15, 0.2) is 72.8 Å². The van der Waals surface area contributed by atoms with Gasteiger partial charge in [-0.05, 0) is 47.9 Å². The predicted octanol–water partition coefficient (Wildman–Crippen LogP) is 5.04. The summed E-state index contributed by atoms with van der Waals surface area (Å²) in [4.78, 5) is 21.2. The van der Waals surface area contributed by atoms with Crippen molar-refractivity contribution in [1.82, 2.24) is 10.6 Å². The van der Waals surface area contributed by atoms with E-state index < -0.39 is 12.1 Å². The van der Waals surface area contributed by atoms with E-state index in [0.29, 0.717) is 41.9 Å². The molecule has 4 rings (SSSR count). The van der Waals surface area contributed by atoms with Crippen molar-refractivity contribution in [3.63, 3.8) is 0 Å². The number of nitrogens with one attached hydrogen (secondary N) is 2. The summed E-state index contributed by atoms with van der Waals surface area (Å²) in [6.45, 7) is 0.973. The predicted molar refractivity (Wildman–Crippen MR) is 129 cm³/mol. The number of halogens is 4. The second-order valence-electron chi connectivity index (χ2n) is 8.38. The highest BCUT2D eigenvalue weighted by molar-refractivity contribution is 5.94. The van der Waals surface area contributed by atoms with Gasteiger partial charge in [0.15, 0.2) is 0 Å². The second-order valence-corrected chi connectivity index (χ2v) is 8.38. The Morgan fingerprint density at radius 1 is 1.00 bits per heavy atom. The Labute approximate surface area is 211 Å². The van der Waals surface area contributed by atoms with Crippen LogP contribution < -0.4 is 15.4 Å². The minimum absolute atomic E-state index is 0.0793. The van der Waals surface area contributed by atoms with Gasteiger partial charge >= 0.3 is 12.1 Å². The smallest absolute Gasteiger partial charge is 0.490 e. The van der Waals surface area contributed by atoms with E-state index in [0.717, 1.165) is 12.0 Å². The third kappa shape index (κ3) is 8.32. The zero-order chi connectivity index (χ0) is 27.0. The van der Waals surface area contributed by atoms with E-state index >= 15 is 0 Å². The number of hydrogen-bond donors (Lipinski definition) is 3. The van der Waals surface area contributed by atoms with E-state index in [1.807, 2.05) is 54.6 Å². The largest absolute Gasteiger partial charge is 0.497 e. The molecule has 0 unspecified atom stereocenters. The Balaban J connectivity index is 0.000000479. The minimum atomic E-state index is -5.08. The second kappa shape index (κ2) is 12.4. The molecule has 1 aliphatic carbocycles. The maximum atomic E-state index is 14.0. The van der Waals surface area contributed by atoms with Gasteiger partial charge in [0.1, 0.15) is 11.6 Å². The number of aliphatic carboxylic acids is 1. The minimum Gasteiger partial charge on any atom is -0.497 e. The maximum Gasteiger partial charge on any atom is 0.490 e. The summed E-state index contributed by atoms with van der Waals surface area (Å²) >= 11 is 0. The molecule has 3 N–H and O–H groups in total. The van der Waals surface area contributed by atoms with Gasteiger partial charge in [0, 0.05) is 36.2 Å². The van der Waals surface area contributed by atoms with Crippen LogP contribution >= 0.6 is 0 Å². The first kappa shape index (κ1) is 27.7. The average molecular weight is 519 g/mol. The van der Waals surface area contributed by atoms with Crippen LogP contribution in [0.1, 0.15) is 39.4 Å². The van der Waals surface area contributed by atoms with Crippen molar-refractivity contribution in [3.8, 4) is 5.75 Å². The number of alkyl halides is 3. The monoisotopic (exact) mass is 518 g/mol. The molecule has 0 saturated heterocycles. The fourth-order valence-corrected chi connectivity index (χ4v) is 3.61. The lowest BCUT2D eigenvalue weighted by molar-refractivity contribution is -0.192. The number of benzene rings is 3. The molecule has 3 aromatic carbocycles. The Morgan fingerprint density at radius 2 is 1.65 bits per heavy atom. The molecule has 196 valence electrons. The van der Waals surface area contributed by atoms with Crippen LogP contribution in [0.3, 0.4) is 0 Å². The molecule has 0 aromatic heterocycles. The van der Waals surface area contributed by atoms with E-state index in [-0.39, 0.29) is 11.7 Å². The van der Waals surface area contributed by atoms with Gasteiger partial charge in [-0.15, -0.1) is 0 Å². The number of carbonyl (C=O) groups is 2. The molecule has 1 aliphatic rings. The summed E-state index contributed by atoms with van der Waals surface area (Å²) in [5.41, 5.74) is 3.52. The normalized spacial score (nSPS) is 16.2. The topological polar surface area (TPSA) is 87.7 Å². The van der Waals surface area contributed by atoms with Crippen LogP contribution in [-0.4, -0.2) is 36.3 Å². The lowest BCUT2D eigenvalue weighted by Crippen LogP contribution is -2.22. The van der Waals surface area contributed by atoms with Gasteiger partial charge in [-0.25, -0.2) is 9.18 Å². The Hall–Kier alpha value is -3.92. The number of carboxylic acids is 1. The van der Waals surface area contributed by atoms with Crippen LogP contribution in [0.2, 0.25) is 0 Å². The molecule has 6 nitrogen and oxygen atoms in total. The molecule has 1 fully saturated rings. The molecule has 1 amide bonds. The zero-order valence-corrected chi connectivity index (χ0v) is 19.9. The van der Waals surface area contributed by atoms with Crippen molar-refractivity contribution in [2.24, 2.45) is 0 Å². The van der Waals surface area contributed by atoms with Crippen LogP contribution in [0, 0.1) is 5.82 Å². The van der Waals surface area contributed by atoms with E-state index in [9.17, 15) is 22.4 Å². The van der Waals surface area contributed by atoms with Gasteiger partial charge in [0.2, 0.25) is 0 Å². The standard InChI is InChI=1S/C25H25FN2O2.C2HF3O2/c1-30-21-11-12-23(26)20(13-21)16-27-24-14-22(24)18-7-9-19(10-8-18)25(29)28-15-17-5-3-2-4-6-17;3-2(4,5)1(6)7/h2-13,22,24,27H,14-16H2,1H3,(H,28,29);(H,6,7)/t22-,24+;/m0./s1. The van der Waals surface area contributed by atoms with E-state index in [1.54, 1.807) is 19.2 Å². The first-order valence-corrected chi connectivity index (χ1v) is 11.4. The third-order valence-corrected chi connectivity index (χ3v) is 5.74. The van der Waals surface area contributed by atoms with Crippen molar-refractivity contribution < 1.29 is 37.0 Å². The SMILES string of the molecule is COc1ccc(F)c(CN[C@@H]2C[C@H]2c2ccc(C(=O)NCc3ccccc3)cc2)c1.O=C(O)C(F)(F)F. The van der Waals surface area contributed by atoms with Gasteiger partial charge in [-0.2, -0.15) is 13.2 Å². The Bertz CT molecular complexity index is 1200. The van der Waals surface area contributed by atoms with Gasteiger partial charge in [0.05, 0.1) is 7.11 Å². The molecule has 3 aromatic rings. The molecule has 2 atom stereocenters. The van der Waals surface area contributed by atoms with Crippen molar-refractivity contribution in [3.05, 3.63) is 101 Å². The quantitative estimate of drug-likeness (QED) is 0.364. The molecule has 0 spiro atoms. The van der Waals surface area contributed by atoms with Gasteiger partial charge in [-0.1, -0.05) is 42.5 Å². The number of carboxylic acid groups (broad SMARTS) is 1. The Kier molecular flexibility index (Phi) is 9.24. The van der Waals surface area contributed by atoms with Crippen LogP contribution in [0.4, 0.5) is 17.6 Å².